The summed E-state index contributed by atoms with van der Waals surface area (Å²) >= 11 is 0. The monoisotopic (exact) mass is 416 g/mol. The summed E-state index contributed by atoms with van der Waals surface area (Å²) in [4.78, 5) is 23.5. The molecule has 0 bridgehead atoms. The fourth-order valence-corrected chi connectivity index (χ4v) is 3.90. The molecule has 0 aromatic heterocycles. The van der Waals surface area contributed by atoms with Crippen LogP contribution in [0.2, 0.25) is 18.1 Å². The van der Waals surface area contributed by atoms with Crippen LogP contribution in [0.25, 0.3) is 0 Å². The number of ether oxygens (including phenoxy) is 1. The van der Waals surface area contributed by atoms with Crippen molar-refractivity contribution in [2.24, 2.45) is 0 Å². The van der Waals surface area contributed by atoms with Crippen LogP contribution in [0, 0.1) is 0 Å². The average Bonchev–Trinajstić information content (AvgIpc) is 2.65. The van der Waals surface area contributed by atoms with Crippen molar-refractivity contribution in [3.63, 3.8) is 0 Å². The third-order valence-electron chi connectivity index (χ3n) is 5.33. The second-order valence-corrected chi connectivity index (χ2v) is 13.5. The highest BCUT2D eigenvalue weighted by Crippen LogP contribution is 2.38. The molecule has 0 aliphatic rings. The van der Waals surface area contributed by atoms with Gasteiger partial charge in [-0.3, -0.25) is 4.79 Å². The molecule has 0 heterocycles. The highest BCUT2D eigenvalue weighted by molar-refractivity contribution is 6.74. The molecule has 29 heavy (non-hydrogen) atoms. The van der Waals surface area contributed by atoms with Gasteiger partial charge in [-0.05, 0) is 49.0 Å². The molecule has 0 unspecified atom stereocenters. The maximum Gasteiger partial charge on any atom is 0.330 e. The van der Waals surface area contributed by atoms with Crippen molar-refractivity contribution in [2.45, 2.75) is 70.7 Å². The van der Waals surface area contributed by atoms with Crippen LogP contribution < -0.4 is 0 Å². The Kier molecular flexibility index (Phi) is 10.3. The normalized spacial score (nSPS) is 13.7. The molecule has 0 aliphatic heterocycles. The number of esters is 1. The second kappa shape index (κ2) is 11.9. The maximum atomic E-state index is 12.2. The lowest BCUT2D eigenvalue weighted by atomic mass is 10.1. The molecule has 1 aromatic carbocycles. The number of hydrogen-bond donors (Lipinski definition) is 0. The smallest absolute Gasteiger partial charge is 0.330 e. The van der Waals surface area contributed by atoms with E-state index in [0.717, 1.165) is 6.42 Å². The van der Waals surface area contributed by atoms with Gasteiger partial charge in [0.05, 0.1) is 13.2 Å². The Morgan fingerprint density at radius 2 is 1.62 bits per heavy atom. The highest BCUT2D eigenvalue weighted by atomic mass is 28.4. The van der Waals surface area contributed by atoms with Crippen LogP contribution in [0.1, 0.15) is 45.6 Å². The number of aryl methyl sites for hydroxylation is 1. The van der Waals surface area contributed by atoms with Crippen molar-refractivity contribution in [2.75, 3.05) is 7.11 Å². The van der Waals surface area contributed by atoms with Gasteiger partial charge in [-0.1, -0.05) is 63.3 Å². The van der Waals surface area contributed by atoms with Crippen LogP contribution in [-0.2, 0) is 25.2 Å². The van der Waals surface area contributed by atoms with Gasteiger partial charge in [-0.25, -0.2) is 4.79 Å². The fraction of sp³-hybridized carbons (Fsp3) is 0.500. The zero-order chi connectivity index (χ0) is 21.9. The lowest BCUT2D eigenvalue weighted by molar-refractivity contribution is -0.134. The molecule has 0 amide bonds. The van der Waals surface area contributed by atoms with E-state index < -0.39 is 8.32 Å². The third kappa shape index (κ3) is 9.86. The third-order valence-corrected chi connectivity index (χ3v) is 9.86. The Hall–Kier alpha value is -1.98. The van der Waals surface area contributed by atoms with E-state index in [0.29, 0.717) is 19.3 Å². The van der Waals surface area contributed by atoms with Gasteiger partial charge in [-0.15, -0.1) is 0 Å². The zero-order valence-electron chi connectivity index (χ0n) is 18.7. The lowest BCUT2D eigenvalue weighted by Gasteiger charge is -2.39. The minimum Gasteiger partial charge on any atom is -0.466 e. The number of allylic oxidation sites excluding steroid dienone is 1. The van der Waals surface area contributed by atoms with Crippen molar-refractivity contribution in [3.8, 4) is 0 Å². The first-order valence-corrected chi connectivity index (χ1v) is 13.1. The molecule has 160 valence electrons. The maximum absolute atomic E-state index is 12.2. The Balaban J connectivity index is 2.66. The quantitative estimate of drug-likeness (QED) is 0.266. The van der Waals surface area contributed by atoms with Gasteiger partial charge in [-0.2, -0.15) is 0 Å². The first-order valence-electron chi connectivity index (χ1n) is 10.2. The number of hydrogen-bond acceptors (Lipinski definition) is 4. The van der Waals surface area contributed by atoms with E-state index in [4.69, 9.17) is 4.43 Å². The molecule has 1 atom stereocenters. The van der Waals surface area contributed by atoms with E-state index in [1.807, 2.05) is 36.4 Å². The van der Waals surface area contributed by atoms with Crippen LogP contribution in [0.15, 0.2) is 54.6 Å². The van der Waals surface area contributed by atoms with Gasteiger partial charge >= 0.3 is 5.97 Å². The molecular weight excluding hydrogens is 380 g/mol. The number of ketones is 1. The predicted molar refractivity (Wildman–Crippen MR) is 121 cm³/mol. The van der Waals surface area contributed by atoms with Crippen LogP contribution in [0.4, 0.5) is 0 Å². The molecule has 0 aliphatic carbocycles. The molecular formula is C24H36O4Si. The van der Waals surface area contributed by atoms with E-state index >= 15 is 0 Å². The molecule has 4 nitrogen and oxygen atoms in total. The molecule has 0 saturated heterocycles. The molecule has 0 N–H and O–H groups in total. The summed E-state index contributed by atoms with van der Waals surface area (Å²) in [6, 6.07) is 10.0. The summed E-state index contributed by atoms with van der Waals surface area (Å²) in [6.07, 6.45) is 9.18. The number of carbonyl (C=O) groups excluding carboxylic acids is 2. The average molecular weight is 417 g/mol. The molecule has 0 fully saturated rings. The first kappa shape index (κ1) is 25.1. The number of rotatable bonds is 11. The van der Waals surface area contributed by atoms with Gasteiger partial charge in [0.25, 0.3) is 0 Å². The lowest BCUT2D eigenvalue weighted by Crippen LogP contribution is -2.43. The number of methoxy groups -OCH3 is 1. The van der Waals surface area contributed by atoms with E-state index in [-0.39, 0.29) is 22.9 Å². The van der Waals surface area contributed by atoms with Gasteiger partial charge in [0.15, 0.2) is 14.1 Å². The minimum absolute atomic E-state index is 0.0741. The largest absolute Gasteiger partial charge is 0.466 e. The second-order valence-electron chi connectivity index (χ2n) is 8.75. The minimum atomic E-state index is -1.96. The van der Waals surface area contributed by atoms with Gasteiger partial charge in [0, 0.05) is 12.5 Å². The molecule has 1 rings (SSSR count). The van der Waals surface area contributed by atoms with Crippen LogP contribution >= 0.6 is 0 Å². The van der Waals surface area contributed by atoms with Gasteiger partial charge in [0.2, 0.25) is 0 Å². The standard InChI is InChI=1S/C24H36O4Si/c1-24(2,3)29(5,6)28-22(16-11-17-23(26)27-4)15-10-14-21(25)19-18-20-12-8-7-9-13-20/h7-14,17,22H,15-16,18-19H2,1-6H3/b14-10+,17-11-/t22-/m1/s1. The van der Waals surface area contributed by atoms with Crippen molar-refractivity contribution >= 4 is 20.1 Å². The van der Waals surface area contributed by atoms with E-state index in [1.54, 1.807) is 12.2 Å². The predicted octanol–water partition coefficient (Wildman–Crippen LogP) is 5.64. The van der Waals surface area contributed by atoms with Gasteiger partial charge < -0.3 is 9.16 Å². The van der Waals surface area contributed by atoms with E-state index in [1.165, 1.54) is 18.7 Å². The summed E-state index contributed by atoms with van der Waals surface area (Å²) in [5, 5.41) is 0.0898. The number of benzene rings is 1. The Labute approximate surface area is 177 Å². The summed E-state index contributed by atoms with van der Waals surface area (Å²) < 4.78 is 11.1. The number of carbonyl (C=O) groups is 2. The van der Waals surface area contributed by atoms with Crippen molar-refractivity contribution < 1.29 is 18.8 Å². The Bertz CT molecular complexity index is 699. The molecule has 0 spiro atoms. The van der Waals surface area contributed by atoms with Crippen molar-refractivity contribution in [1.82, 2.24) is 0 Å². The Morgan fingerprint density at radius 1 is 1.03 bits per heavy atom. The fourth-order valence-electron chi connectivity index (χ4n) is 2.52. The van der Waals surface area contributed by atoms with Crippen LogP contribution in [0.5, 0.6) is 0 Å². The van der Waals surface area contributed by atoms with E-state index in [2.05, 4.69) is 38.6 Å². The summed E-state index contributed by atoms with van der Waals surface area (Å²) in [5.74, 6) is -0.257. The summed E-state index contributed by atoms with van der Waals surface area (Å²) in [5.41, 5.74) is 1.17. The van der Waals surface area contributed by atoms with Crippen LogP contribution in [-0.4, -0.2) is 33.3 Å². The van der Waals surface area contributed by atoms with Crippen LogP contribution in [0.3, 0.4) is 0 Å². The van der Waals surface area contributed by atoms with E-state index in [9.17, 15) is 9.59 Å². The molecule has 0 saturated carbocycles. The first-order chi connectivity index (χ1) is 13.5. The Morgan fingerprint density at radius 3 is 2.17 bits per heavy atom. The van der Waals surface area contributed by atoms with Crippen molar-refractivity contribution in [1.29, 1.82) is 0 Å². The molecule has 0 radical (unpaired) electrons. The SMILES string of the molecule is COC(=O)/C=C\C[C@@H](C/C=C/C(=O)CCc1ccccc1)O[Si](C)(C)C(C)(C)C. The molecule has 5 heteroatoms. The summed E-state index contributed by atoms with van der Waals surface area (Å²) in [6.45, 7) is 11.0. The highest BCUT2D eigenvalue weighted by Gasteiger charge is 2.38. The topological polar surface area (TPSA) is 52.6 Å². The summed E-state index contributed by atoms with van der Waals surface area (Å²) in [7, 11) is -0.598. The zero-order valence-corrected chi connectivity index (χ0v) is 19.7. The molecule has 1 aromatic rings. The van der Waals surface area contributed by atoms with Crippen molar-refractivity contribution in [3.05, 3.63) is 60.2 Å². The van der Waals surface area contributed by atoms with Gasteiger partial charge in [0.1, 0.15) is 0 Å².